The van der Waals surface area contributed by atoms with E-state index in [0.717, 1.165) is 37.4 Å². The molecule has 0 radical (unpaired) electrons. The monoisotopic (exact) mass is 479 g/mol. The highest BCUT2D eigenvalue weighted by atomic mass is 32.2. The summed E-state index contributed by atoms with van der Waals surface area (Å²) in [5.41, 5.74) is 3.24. The number of para-hydroxylation sites is 1. The van der Waals surface area contributed by atoms with Crippen LogP contribution in [0.4, 0.5) is 5.69 Å². The molecule has 0 aliphatic carbocycles. The minimum absolute atomic E-state index is 0.0561. The molecule has 6 nitrogen and oxygen atoms in total. The highest BCUT2D eigenvalue weighted by Crippen LogP contribution is 2.34. The lowest BCUT2D eigenvalue weighted by molar-refractivity contribution is 0.183. The van der Waals surface area contributed by atoms with Gasteiger partial charge in [-0.1, -0.05) is 30.3 Å². The minimum atomic E-state index is -0.323. The van der Waals surface area contributed by atoms with Gasteiger partial charge in [0.05, 0.1) is 18.2 Å². The number of rotatable bonds is 8. The second-order valence-corrected chi connectivity index (χ2v) is 9.45. The first-order valence-electron chi connectivity index (χ1n) is 11.6. The highest BCUT2D eigenvalue weighted by Gasteiger charge is 2.31. The van der Waals surface area contributed by atoms with Gasteiger partial charge in [0.1, 0.15) is 5.75 Å². The van der Waals surface area contributed by atoms with Gasteiger partial charge in [0, 0.05) is 56.1 Å². The number of hydrogen-bond acceptors (Lipinski definition) is 6. The molecule has 3 aromatic rings. The van der Waals surface area contributed by atoms with Crippen LogP contribution in [-0.2, 0) is 11.3 Å². The lowest BCUT2D eigenvalue weighted by Crippen LogP contribution is -2.49. The van der Waals surface area contributed by atoms with E-state index < -0.39 is 0 Å². The molecule has 1 unspecified atom stereocenters. The van der Waals surface area contributed by atoms with E-state index in [1.807, 2.05) is 13.0 Å². The number of nitrogens with zero attached hydrogens (tertiary/aromatic N) is 3. The molecule has 180 valence electrons. The van der Waals surface area contributed by atoms with Crippen LogP contribution in [0.15, 0.2) is 70.4 Å². The van der Waals surface area contributed by atoms with Gasteiger partial charge in [-0.2, -0.15) is 0 Å². The van der Waals surface area contributed by atoms with Crippen LogP contribution >= 0.6 is 11.8 Å². The predicted molar refractivity (Wildman–Crippen MR) is 139 cm³/mol. The van der Waals surface area contributed by atoms with Gasteiger partial charge in [-0.3, -0.25) is 9.69 Å². The van der Waals surface area contributed by atoms with E-state index in [-0.39, 0.29) is 17.4 Å². The maximum absolute atomic E-state index is 13.7. The number of benzene rings is 2. The van der Waals surface area contributed by atoms with Gasteiger partial charge in [-0.05, 0) is 49.1 Å². The molecule has 1 aromatic heterocycles. The van der Waals surface area contributed by atoms with Crippen LogP contribution in [0.25, 0.3) is 0 Å². The van der Waals surface area contributed by atoms with Gasteiger partial charge in [0.15, 0.2) is 0 Å². The van der Waals surface area contributed by atoms with Crippen molar-refractivity contribution in [3.63, 3.8) is 0 Å². The quantitative estimate of drug-likeness (QED) is 0.490. The summed E-state index contributed by atoms with van der Waals surface area (Å²) in [5, 5.41) is 11.0. The summed E-state index contributed by atoms with van der Waals surface area (Å²) < 4.78 is 6.94. The Morgan fingerprint density at radius 2 is 1.71 bits per heavy atom. The predicted octanol–water partition coefficient (Wildman–Crippen LogP) is 4.14. The number of piperazine rings is 1. The third-order valence-corrected chi connectivity index (χ3v) is 7.29. The SMILES string of the molecule is COCCn1c(C)cc(O)c(C(c2ccc(SC)cc2)N2CCN(c3ccccc3)CC2)c1=O. The molecule has 1 aliphatic heterocycles. The minimum Gasteiger partial charge on any atom is -0.507 e. The lowest BCUT2D eigenvalue weighted by atomic mass is 9.96. The molecule has 1 N–H and O–H groups in total. The molecule has 7 heteroatoms. The van der Waals surface area contributed by atoms with Crippen molar-refractivity contribution < 1.29 is 9.84 Å². The Hall–Kier alpha value is -2.74. The van der Waals surface area contributed by atoms with Crippen molar-refractivity contribution in [2.24, 2.45) is 0 Å². The van der Waals surface area contributed by atoms with Gasteiger partial charge in [-0.15, -0.1) is 11.8 Å². The summed E-state index contributed by atoms with van der Waals surface area (Å²) in [6.45, 7) is 6.02. The molecule has 34 heavy (non-hydrogen) atoms. The van der Waals surface area contributed by atoms with Crippen LogP contribution in [0.2, 0.25) is 0 Å². The van der Waals surface area contributed by atoms with Crippen molar-refractivity contribution in [1.29, 1.82) is 0 Å². The second kappa shape index (κ2) is 11.1. The molecule has 1 atom stereocenters. The fraction of sp³-hybridized carbons (Fsp3) is 0.370. The van der Waals surface area contributed by atoms with Crippen LogP contribution in [0.1, 0.15) is 22.9 Å². The Morgan fingerprint density at radius 1 is 1.03 bits per heavy atom. The zero-order chi connectivity index (χ0) is 24.1. The van der Waals surface area contributed by atoms with Crippen LogP contribution in [0, 0.1) is 6.92 Å². The van der Waals surface area contributed by atoms with Gasteiger partial charge in [-0.25, -0.2) is 0 Å². The number of ether oxygens (including phenoxy) is 1. The zero-order valence-electron chi connectivity index (χ0n) is 20.1. The van der Waals surface area contributed by atoms with Crippen molar-refractivity contribution >= 4 is 17.4 Å². The Kier molecular flexibility index (Phi) is 7.98. The first-order valence-corrected chi connectivity index (χ1v) is 12.9. The van der Waals surface area contributed by atoms with Gasteiger partial charge in [0.2, 0.25) is 0 Å². The van der Waals surface area contributed by atoms with Gasteiger partial charge >= 0.3 is 0 Å². The number of thioether (sulfide) groups is 1. The lowest BCUT2D eigenvalue weighted by Gasteiger charge is -2.40. The molecule has 1 fully saturated rings. The first kappa shape index (κ1) is 24.4. The molecule has 2 heterocycles. The van der Waals surface area contributed by atoms with Crippen molar-refractivity contribution in [2.75, 3.05) is 51.1 Å². The summed E-state index contributed by atoms with van der Waals surface area (Å²) in [7, 11) is 1.63. The van der Waals surface area contributed by atoms with E-state index in [1.165, 1.54) is 10.6 Å². The summed E-state index contributed by atoms with van der Waals surface area (Å²) in [4.78, 5) is 19.5. The number of aromatic nitrogens is 1. The third-order valence-electron chi connectivity index (χ3n) is 6.55. The summed E-state index contributed by atoms with van der Waals surface area (Å²) in [6, 6.07) is 20.1. The Labute approximate surface area is 205 Å². The number of aryl methyl sites for hydroxylation is 1. The number of aromatic hydroxyl groups is 1. The molecular formula is C27H33N3O3S. The van der Waals surface area contributed by atoms with Crippen LogP contribution in [0.3, 0.4) is 0 Å². The van der Waals surface area contributed by atoms with Gasteiger partial charge < -0.3 is 19.3 Å². The maximum atomic E-state index is 13.7. The van der Waals surface area contributed by atoms with Crippen molar-refractivity contribution in [3.05, 3.63) is 87.8 Å². The molecule has 0 saturated carbocycles. The molecule has 0 bridgehead atoms. The number of hydrogen-bond donors (Lipinski definition) is 1. The largest absolute Gasteiger partial charge is 0.507 e. The van der Waals surface area contributed by atoms with E-state index in [1.54, 1.807) is 29.5 Å². The van der Waals surface area contributed by atoms with Crippen LogP contribution in [-0.4, -0.2) is 60.7 Å². The molecule has 1 saturated heterocycles. The number of methoxy groups -OCH3 is 1. The van der Waals surface area contributed by atoms with Crippen LogP contribution < -0.4 is 10.5 Å². The Morgan fingerprint density at radius 3 is 2.32 bits per heavy atom. The van der Waals surface area contributed by atoms with Crippen molar-refractivity contribution in [2.45, 2.75) is 24.4 Å². The fourth-order valence-corrected chi connectivity index (χ4v) is 5.12. The smallest absolute Gasteiger partial charge is 0.259 e. The second-order valence-electron chi connectivity index (χ2n) is 8.57. The third kappa shape index (κ3) is 5.17. The Balaban J connectivity index is 1.72. The molecular weight excluding hydrogens is 446 g/mol. The fourth-order valence-electron chi connectivity index (χ4n) is 4.71. The number of anilines is 1. The molecule has 1 aliphatic rings. The van der Waals surface area contributed by atoms with E-state index in [2.05, 4.69) is 64.6 Å². The molecule has 0 spiro atoms. The first-order chi connectivity index (χ1) is 16.5. The summed E-state index contributed by atoms with van der Waals surface area (Å²) >= 11 is 1.69. The normalized spacial score (nSPS) is 15.4. The molecule has 0 amide bonds. The molecule has 2 aromatic carbocycles. The summed E-state index contributed by atoms with van der Waals surface area (Å²) in [5.74, 6) is 0.0561. The topological polar surface area (TPSA) is 57.9 Å². The number of pyridine rings is 1. The van der Waals surface area contributed by atoms with Crippen molar-refractivity contribution in [3.8, 4) is 5.75 Å². The summed E-state index contributed by atoms with van der Waals surface area (Å²) in [6.07, 6.45) is 2.05. The van der Waals surface area contributed by atoms with E-state index >= 15 is 0 Å². The zero-order valence-corrected chi connectivity index (χ0v) is 20.9. The standard InChI is InChI=1S/C27H33N3O3S/c1-20-19-24(31)25(27(32)30(20)17-18-33-2)26(21-9-11-23(34-3)12-10-21)29-15-13-28(14-16-29)22-7-5-4-6-8-22/h4-12,19,26,31H,13-18H2,1-3H3. The maximum Gasteiger partial charge on any atom is 0.259 e. The highest BCUT2D eigenvalue weighted by molar-refractivity contribution is 7.98. The Bertz CT molecular complexity index is 1140. The van der Waals surface area contributed by atoms with E-state index in [9.17, 15) is 9.90 Å². The van der Waals surface area contributed by atoms with Crippen molar-refractivity contribution in [1.82, 2.24) is 9.47 Å². The van der Waals surface area contributed by atoms with E-state index in [4.69, 9.17) is 4.74 Å². The van der Waals surface area contributed by atoms with Crippen LogP contribution in [0.5, 0.6) is 5.75 Å². The molecule has 4 rings (SSSR count). The average molecular weight is 480 g/mol. The average Bonchev–Trinajstić information content (AvgIpc) is 2.87. The van der Waals surface area contributed by atoms with E-state index in [0.29, 0.717) is 18.7 Å². The van der Waals surface area contributed by atoms with Gasteiger partial charge in [0.25, 0.3) is 5.56 Å².